The van der Waals surface area contributed by atoms with Crippen molar-refractivity contribution in [3.8, 4) is 0 Å². The largest absolute Gasteiger partial charge is 0.396 e. The highest BCUT2D eigenvalue weighted by Crippen LogP contribution is 2.29. The molecule has 0 bridgehead atoms. The summed E-state index contributed by atoms with van der Waals surface area (Å²) in [7, 11) is 0. The van der Waals surface area contributed by atoms with E-state index in [-0.39, 0.29) is 24.3 Å². The lowest BCUT2D eigenvalue weighted by Gasteiger charge is -2.17. The van der Waals surface area contributed by atoms with Crippen molar-refractivity contribution in [3.05, 3.63) is 35.9 Å². The Bertz CT molecular complexity index is 360. The molecule has 1 saturated carbocycles. The molecule has 1 atom stereocenters. The summed E-state index contributed by atoms with van der Waals surface area (Å²) in [6.07, 6.45) is 2.75. The molecule has 1 aromatic carbocycles. The second-order valence-electron chi connectivity index (χ2n) is 4.64. The fraction of sp³-hybridized carbons (Fsp3) is 0.500. The Morgan fingerprint density at radius 2 is 2.06 bits per heavy atom. The van der Waals surface area contributed by atoms with Crippen molar-refractivity contribution >= 4 is 5.91 Å². The Labute approximate surface area is 102 Å². The number of rotatable bonds is 6. The first-order valence-electron chi connectivity index (χ1n) is 6.24. The lowest BCUT2D eigenvalue weighted by atomic mass is 9.96. The molecule has 17 heavy (non-hydrogen) atoms. The van der Waals surface area contributed by atoms with E-state index in [1.54, 1.807) is 0 Å². The van der Waals surface area contributed by atoms with Crippen molar-refractivity contribution in [2.45, 2.75) is 25.2 Å². The van der Waals surface area contributed by atoms with E-state index >= 15 is 0 Å². The van der Waals surface area contributed by atoms with E-state index in [4.69, 9.17) is 5.11 Å². The maximum Gasteiger partial charge on any atom is 0.223 e. The minimum atomic E-state index is 0.152. The van der Waals surface area contributed by atoms with E-state index in [2.05, 4.69) is 5.32 Å². The fourth-order valence-electron chi connectivity index (χ4n) is 1.98. The number of nitrogens with one attached hydrogen (secondary N) is 1. The second-order valence-corrected chi connectivity index (χ2v) is 4.64. The fourth-order valence-corrected chi connectivity index (χ4v) is 1.98. The van der Waals surface area contributed by atoms with Gasteiger partial charge in [0, 0.05) is 25.0 Å². The van der Waals surface area contributed by atoms with E-state index in [9.17, 15) is 4.79 Å². The van der Waals surface area contributed by atoms with Gasteiger partial charge in [0.2, 0.25) is 5.91 Å². The van der Waals surface area contributed by atoms with Crippen LogP contribution in [0.1, 0.15) is 30.7 Å². The molecule has 0 heterocycles. The Morgan fingerprint density at radius 1 is 1.35 bits per heavy atom. The second kappa shape index (κ2) is 5.82. The van der Waals surface area contributed by atoms with Crippen LogP contribution in [-0.4, -0.2) is 24.2 Å². The zero-order chi connectivity index (χ0) is 12.1. The van der Waals surface area contributed by atoms with Crippen molar-refractivity contribution in [1.82, 2.24) is 5.32 Å². The number of benzene rings is 1. The maximum atomic E-state index is 11.6. The first-order valence-corrected chi connectivity index (χ1v) is 6.24. The predicted octanol–water partition coefficient (Wildman–Crippen LogP) is 1.68. The SMILES string of the molecule is O=C(NCC(CCO)c1ccccc1)C1CC1. The van der Waals surface area contributed by atoms with Crippen LogP contribution in [-0.2, 0) is 4.79 Å². The molecule has 92 valence electrons. The molecule has 1 aromatic rings. The van der Waals surface area contributed by atoms with Crippen LogP contribution in [0.5, 0.6) is 0 Å². The van der Waals surface area contributed by atoms with Gasteiger partial charge in [0.25, 0.3) is 0 Å². The minimum absolute atomic E-state index is 0.152. The van der Waals surface area contributed by atoms with Crippen molar-refractivity contribution in [2.75, 3.05) is 13.2 Å². The normalized spacial score (nSPS) is 16.5. The first kappa shape index (κ1) is 12.1. The molecule has 0 saturated heterocycles. The number of hydrogen-bond acceptors (Lipinski definition) is 2. The summed E-state index contributed by atoms with van der Waals surface area (Å²) in [5.41, 5.74) is 1.18. The topological polar surface area (TPSA) is 49.3 Å². The number of hydrogen-bond donors (Lipinski definition) is 2. The van der Waals surface area contributed by atoms with Gasteiger partial charge in [-0.25, -0.2) is 0 Å². The van der Waals surface area contributed by atoms with Crippen LogP contribution >= 0.6 is 0 Å². The Hall–Kier alpha value is -1.35. The summed E-state index contributed by atoms with van der Waals surface area (Å²) in [6, 6.07) is 10.0. The standard InChI is InChI=1S/C14H19NO2/c16-9-8-13(11-4-2-1-3-5-11)10-15-14(17)12-6-7-12/h1-5,12-13,16H,6-10H2,(H,15,17). The van der Waals surface area contributed by atoms with E-state index < -0.39 is 0 Å². The highest BCUT2D eigenvalue weighted by Gasteiger charge is 2.29. The van der Waals surface area contributed by atoms with Gasteiger partial charge in [0.1, 0.15) is 0 Å². The molecular formula is C14H19NO2. The number of carbonyl (C=O) groups is 1. The van der Waals surface area contributed by atoms with Crippen molar-refractivity contribution < 1.29 is 9.90 Å². The molecule has 3 nitrogen and oxygen atoms in total. The van der Waals surface area contributed by atoms with E-state index in [0.29, 0.717) is 13.0 Å². The molecule has 0 aromatic heterocycles. The molecule has 1 unspecified atom stereocenters. The lowest BCUT2D eigenvalue weighted by molar-refractivity contribution is -0.122. The molecule has 1 aliphatic carbocycles. The summed E-state index contributed by atoms with van der Waals surface area (Å²) < 4.78 is 0. The zero-order valence-electron chi connectivity index (χ0n) is 9.93. The molecule has 0 aliphatic heterocycles. The molecule has 2 rings (SSSR count). The van der Waals surface area contributed by atoms with Crippen LogP contribution in [0.25, 0.3) is 0 Å². The third kappa shape index (κ3) is 3.56. The van der Waals surface area contributed by atoms with E-state index in [1.807, 2.05) is 30.3 Å². The average Bonchev–Trinajstić information content (AvgIpc) is 3.19. The van der Waals surface area contributed by atoms with Gasteiger partial charge in [-0.05, 0) is 24.8 Å². The first-order chi connectivity index (χ1) is 8.31. The molecule has 1 fully saturated rings. The molecule has 3 heteroatoms. The summed E-state index contributed by atoms with van der Waals surface area (Å²) in [6.45, 7) is 0.777. The number of carbonyl (C=O) groups excluding carboxylic acids is 1. The van der Waals surface area contributed by atoms with Gasteiger partial charge in [-0.1, -0.05) is 30.3 Å². The van der Waals surface area contributed by atoms with Crippen molar-refractivity contribution in [1.29, 1.82) is 0 Å². The third-order valence-electron chi connectivity index (χ3n) is 3.22. The predicted molar refractivity (Wildman–Crippen MR) is 66.6 cm³/mol. The number of aliphatic hydroxyl groups excluding tert-OH is 1. The van der Waals surface area contributed by atoms with Crippen LogP contribution in [0.3, 0.4) is 0 Å². The number of amides is 1. The smallest absolute Gasteiger partial charge is 0.223 e. The van der Waals surface area contributed by atoms with Gasteiger partial charge in [-0.15, -0.1) is 0 Å². The summed E-state index contributed by atoms with van der Waals surface area (Å²) >= 11 is 0. The van der Waals surface area contributed by atoms with Gasteiger partial charge in [-0.2, -0.15) is 0 Å². The van der Waals surface area contributed by atoms with Crippen molar-refractivity contribution in [3.63, 3.8) is 0 Å². The average molecular weight is 233 g/mol. The zero-order valence-corrected chi connectivity index (χ0v) is 9.93. The monoisotopic (exact) mass is 233 g/mol. The summed E-state index contributed by atoms with van der Waals surface area (Å²) in [5.74, 6) is 0.633. The van der Waals surface area contributed by atoms with Gasteiger partial charge in [0.05, 0.1) is 0 Å². The van der Waals surface area contributed by atoms with Gasteiger partial charge < -0.3 is 10.4 Å². The summed E-state index contributed by atoms with van der Waals surface area (Å²) in [5, 5.41) is 12.0. The lowest BCUT2D eigenvalue weighted by Crippen LogP contribution is -2.29. The van der Waals surface area contributed by atoms with E-state index in [0.717, 1.165) is 12.8 Å². The minimum Gasteiger partial charge on any atom is -0.396 e. The van der Waals surface area contributed by atoms with Crippen LogP contribution in [0, 0.1) is 5.92 Å². The van der Waals surface area contributed by atoms with Crippen LogP contribution in [0.4, 0.5) is 0 Å². The Morgan fingerprint density at radius 3 is 2.65 bits per heavy atom. The Kier molecular flexibility index (Phi) is 4.15. The molecule has 1 aliphatic rings. The highest BCUT2D eigenvalue weighted by atomic mass is 16.3. The Balaban J connectivity index is 1.90. The van der Waals surface area contributed by atoms with Gasteiger partial charge in [0.15, 0.2) is 0 Å². The van der Waals surface area contributed by atoms with Gasteiger partial charge >= 0.3 is 0 Å². The van der Waals surface area contributed by atoms with Crippen LogP contribution in [0.2, 0.25) is 0 Å². The third-order valence-corrected chi connectivity index (χ3v) is 3.22. The quantitative estimate of drug-likeness (QED) is 0.785. The molecule has 2 N–H and O–H groups in total. The summed E-state index contributed by atoms with van der Waals surface area (Å²) in [4.78, 5) is 11.6. The molecular weight excluding hydrogens is 214 g/mol. The van der Waals surface area contributed by atoms with Crippen molar-refractivity contribution in [2.24, 2.45) is 5.92 Å². The van der Waals surface area contributed by atoms with Gasteiger partial charge in [-0.3, -0.25) is 4.79 Å². The molecule has 1 amide bonds. The van der Waals surface area contributed by atoms with Crippen LogP contribution in [0.15, 0.2) is 30.3 Å². The van der Waals surface area contributed by atoms with Crippen LogP contribution < -0.4 is 5.32 Å². The number of aliphatic hydroxyl groups is 1. The maximum absolute atomic E-state index is 11.6. The molecule has 0 radical (unpaired) electrons. The molecule has 0 spiro atoms. The van der Waals surface area contributed by atoms with E-state index in [1.165, 1.54) is 5.56 Å². The highest BCUT2D eigenvalue weighted by molar-refractivity contribution is 5.80.